The second-order valence-electron chi connectivity index (χ2n) is 5.91. The van der Waals surface area contributed by atoms with Crippen LogP contribution in [0.25, 0.3) is 22.4 Å². The van der Waals surface area contributed by atoms with Gasteiger partial charge in [-0.15, -0.1) is 0 Å². The van der Waals surface area contributed by atoms with Crippen molar-refractivity contribution in [3.63, 3.8) is 0 Å². The first-order valence-corrected chi connectivity index (χ1v) is 9.63. The predicted molar refractivity (Wildman–Crippen MR) is 98.0 cm³/mol. The fourth-order valence-corrected chi connectivity index (χ4v) is 3.27. The molecular formula is C19H14FNO5S. The molecule has 0 fully saturated rings. The number of benzene rings is 2. The van der Waals surface area contributed by atoms with Crippen LogP contribution in [0, 0.1) is 5.82 Å². The molecule has 2 N–H and O–H groups in total. The van der Waals surface area contributed by atoms with Crippen LogP contribution in [0.2, 0.25) is 0 Å². The molecule has 0 unspecified atom stereocenters. The van der Waals surface area contributed by atoms with Gasteiger partial charge in [0.25, 0.3) is 5.56 Å². The number of pyridine rings is 1. The van der Waals surface area contributed by atoms with E-state index in [2.05, 4.69) is 4.98 Å². The van der Waals surface area contributed by atoms with Crippen LogP contribution in [0.4, 0.5) is 4.39 Å². The van der Waals surface area contributed by atoms with Gasteiger partial charge < -0.3 is 10.1 Å². The van der Waals surface area contributed by atoms with Crippen LogP contribution in [-0.2, 0) is 9.84 Å². The number of hydrogen-bond donors (Lipinski definition) is 2. The average Bonchev–Trinajstić information content (AvgIpc) is 2.61. The van der Waals surface area contributed by atoms with E-state index in [-0.39, 0.29) is 4.90 Å². The van der Waals surface area contributed by atoms with Crippen LogP contribution in [0.3, 0.4) is 0 Å². The molecule has 3 rings (SSSR count). The van der Waals surface area contributed by atoms with E-state index < -0.39 is 32.7 Å². The number of H-pyrrole nitrogens is 1. The van der Waals surface area contributed by atoms with Crippen LogP contribution in [0.5, 0.6) is 0 Å². The molecule has 27 heavy (non-hydrogen) atoms. The Bertz CT molecular complexity index is 1180. The molecule has 0 aliphatic heterocycles. The lowest BCUT2D eigenvalue weighted by Gasteiger charge is -2.12. The first-order valence-electron chi connectivity index (χ1n) is 7.74. The molecule has 138 valence electrons. The van der Waals surface area contributed by atoms with Gasteiger partial charge in [0.15, 0.2) is 9.84 Å². The van der Waals surface area contributed by atoms with Gasteiger partial charge in [-0.2, -0.15) is 0 Å². The third-order valence-electron chi connectivity index (χ3n) is 4.00. The number of aromatic amines is 1. The Balaban J connectivity index is 2.26. The Morgan fingerprint density at radius 1 is 1.00 bits per heavy atom. The number of carboxylic acids is 1. The molecule has 0 spiro atoms. The molecule has 0 bridgehead atoms. The van der Waals surface area contributed by atoms with Crippen LogP contribution in [-0.4, -0.2) is 30.7 Å². The standard InChI is InChI=1S/C19H14FNO5S/c1-27(25,26)14-8-4-11(5-9-14)15-10-16(19(23)24)18(22)21-17(15)12-2-6-13(20)7-3-12/h2-10H,1H3,(H,21,22)(H,23,24). The summed E-state index contributed by atoms with van der Waals surface area (Å²) in [5.74, 6) is -1.85. The van der Waals surface area contributed by atoms with Gasteiger partial charge in [0, 0.05) is 11.8 Å². The van der Waals surface area contributed by atoms with E-state index >= 15 is 0 Å². The highest BCUT2D eigenvalue weighted by Gasteiger charge is 2.17. The maximum absolute atomic E-state index is 13.2. The van der Waals surface area contributed by atoms with Gasteiger partial charge in [0.05, 0.1) is 10.6 Å². The van der Waals surface area contributed by atoms with Gasteiger partial charge in [0.1, 0.15) is 11.4 Å². The highest BCUT2D eigenvalue weighted by Crippen LogP contribution is 2.31. The van der Waals surface area contributed by atoms with Crippen LogP contribution < -0.4 is 5.56 Å². The number of aromatic nitrogens is 1. The van der Waals surface area contributed by atoms with Gasteiger partial charge >= 0.3 is 5.97 Å². The molecular weight excluding hydrogens is 373 g/mol. The normalized spacial score (nSPS) is 11.3. The molecule has 0 saturated carbocycles. The monoisotopic (exact) mass is 387 g/mol. The summed E-state index contributed by atoms with van der Waals surface area (Å²) in [6, 6.07) is 12.4. The Hall–Kier alpha value is -3.26. The lowest BCUT2D eigenvalue weighted by molar-refractivity contribution is 0.0695. The van der Waals surface area contributed by atoms with E-state index in [0.29, 0.717) is 22.4 Å². The number of carboxylic acid groups (broad SMARTS) is 1. The van der Waals surface area contributed by atoms with E-state index in [9.17, 15) is 27.5 Å². The van der Waals surface area contributed by atoms with Crippen molar-refractivity contribution in [3.8, 4) is 22.4 Å². The second kappa shape index (κ2) is 6.81. The van der Waals surface area contributed by atoms with Crippen molar-refractivity contribution in [1.29, 1.82) is 0 Å². The zero-order valence-corrected chi connectivity index (χ0v) is 14.9. The molecule has 2 aromatic carbocycles. The summed E-state index contributed by atoms with van der Waals surface area (Å²) in [6.07, 6.45) is 1.08. The molecule has 3 aromatic rings. The predicted octanol–water partition coefficient (Wildman–Crippen LogP) is 2.95. The Morgan fingerprint density at radius 3 is 2.07 bits per heavy atom. The maximum atomic E-state index is 13.2. The van der Waals surface area contributed by atoms with E-state index in [1.165, 1.54) is 54.6 Å². The molecule has 8 heteroatoms. The molecule has 6 nitrogen and oxygen atoms in total. The molecule has 0 aliphatic carbocycles. The lowest BCUT2D eigenvalue weighted by Crippen LogP contribution is -2.18. The first kappa shape index (κ1) is 18.5. The number of nitrogens with one attached hydrogen (secondary N) is 1. The Kier molecular flexibility index (Phi) is 4.67. The zero-order valence-electron chi connectivity index (χ0n) is 14.1. The van der Waals surface area contributed by atoms with Crippen LogP contribution in [0.15, 0.2) is 64.3 Å². The first-order chi connectivity index (χ1) is 12.7. The summed E-state index contributed by atoms with van der Waals surface area (Å²) < 4.78 is 36.5. The summed E-state index contributed by atoms with van der Waals surface area (Å²) in [5, 5.41) is 9.24. The van der Waals surface area contributed by atoms with E-state index in [1.54, 1.807) is 0 Å². The van der Waals surface area contributed by atoms with Crippen molar-refractivity contribution >= 4 is 15.8 Å². The summed E-state index contributed by atoms with van der Waals surface area (Å²) in [4.78, 5) is 26.1. The van der Waals surface area contributed by atoms with Gasteiger partial charge in [0.2, 0.25) is 0 Å². The largest absolute Gasteiger partial charge is 0.477 e. The van der Waals surface area contributed by atoms with Crippen molar-refractivity contribution < 1.29 is 22.7 Å². The van der Waals surface area contributed by atoms with Crippen molar-refractivity contribution in [2.24, 2.45) is 0 Å². The van der Waals surface area contributed by atoms with Crippen molar-refractivity contribution in [2.45, 2.75) is 4.90 Å². The summed E-state index contributed by atoms with van der Waals surface area (Å²) in [7, 11) is -3.39. The van der Waals surface area contributed by atoms with E-state index in [4.69, 9.17) is 0 Å². The van der Waals surface area contributed by atoms with Gasteiger partial charge in [-0.25, -0.2) is 17.6 Å². The van der Waals surface area contributed by atoms with E-state index in [1.807, 2.05) is 0 Å². The van der Waals surface area contributed by atoms with Crippen molar-refractivity contribution in [3.05, 3.63) is 76.3 Å². The number of hydrogen-bond acceptors (Lipinski definition) is 4. The molecule has 0 aliphatic rings. The topological polar surface area (TPSA) is 104 Å². The zero-order chi connectivity index (χ0) is 19.8. The Labute approximate surface area is 153 Å². The lowest BCUT2D eigenvalue weighted by atomic mass is 9.98. The number of halogens is 1. The Morgan fingerprint density at radius 2 is 1.56 bits per heavy atom. The second-order valence-corrected chi connectivity index (χ2v) is 7.93. The summed E-state index contributed by atoms with van der Waals surface area (Å²) in [6.45, 7) is 0. The fraction of sp³-hybridized carbons (Fsp3) is 0.0526. The molecule has 0 atom stereocenters. The molecule has 1 heterocycles. The average molecular weight is 387 g/mol. The van der Waals surface area contributed by atoms with Gasteiger partial charge in [-0.1, -0.05) is 12.1 Å². The van der Waals surface area contributed by atoms with Gasteiger partial charge in [-0.05, 0) is 53.6 Å². The number of rotatable bonds is 4. The summed E-state index contributed by atoms with van der Waals surface area (Å²) in [5.41, 5.74) is 0.408. The van der Waals surface area contributed by atoms with Crippen LogP contribution >= 0.6 is 0 Å². The van der Waals surface area contributed by atoms with Crippen LogP contribution in [0.1, 0.15) is 10.4 Å². The van der Waals surface area contributed by atoms with E-state index in [0.717, 1.165) is 6.26 Å². The quantitative estimate of drug-likeness (QED) is 0.716. The SMILES string of the molecule is CS(=O)(=O)c1ccc(-c2cc(C(=O)O)c(=O)[nH]c2-c2ccc(F)cc2)cc1. The van der Waals surface area contributed by atoms with Gasteiger partial charge in [-0.3, -0.25) is 4.79 Å². The third-order valence-corrected chi connectivity index (χ3v) is 5.13. The minimum absolute atomic E-state index is 0.109. The van der Waals surface area contributed by atoms with Crippen molar-refractivity contribution in [1.82, 2.24) is 4.98 Å². The fourth-order valence-electron chi connectivity index (χ4n) is 2.64. The molecule has 0 radical (unpaired) electrons. The molecule has 0 amide bonds. The number of carbonyl (C=O) groups is 1. The van der Waals surface area contributed by atoms with Crippen molar-refractivity contribution in [2.75, 3.05) is 6.26 Å². The summed E-state index contributed by atoms with van der Waals surface area (Å²) >= 11 is 0. The number of aromatic carboxylic acids is 1. The smallest absolute Gasteiger partial charge is 0.341 e. The highest BCUT2D eigenvalue weighted by atomic mass is 32.2. The molecule has 0 saturated heterocycles. The molecule has 1 aromatic heterocycles. The highest BCUT2D eigenvalue weighted by molar-refractivity contribution is 7.90. The number of sulfone groups is 1. The minimum atomic E-state index is -3.39. The minimum Gasteiger partial charge on any atom is -0.477 e. The maximum Gasteiger partial charge on any atom is 0.341 e. The third kappa shape index (κ3) is 3.80.